The van der Waals surface area contributed by atoms with Crippen molar-refractivity contribution in [2.24, 2.45) is 0 Å². The Morgan fingerprint density at radius 1 is 1.42 bits per heavy atom. The summed E-state index contributed by atoms with van der Waals surface area (Å²) in [5, 5.41) is 9.13. The molecule has 2 rings (SSSR count). The van der Waals surface area contributed by atoms with E-state index in [1.54, 1.807) is 23.1 Å². The quantitative estimate of drug-likeness (QED) is 0.891. The molecule has 6 heteroatoms. The van der Waals surface area contributed by atoms with Gasteiger partial charge < -0.3 is 10.0 Å². The topological polar surface area (TPSA) is 57.6 Å². The highest BCUT2D eigenvalue weighted by Gasteiger charge is 2.33. The van der Waals surface area contributed by atoms with Crippen LogP contribution in [0.2, 0.25) is 5.02 Å². The highest BCUT2D eigenvalue weighted by atomic mass is 79.9. The van der Waals surface area contributed by atoms with Crippen LogP contribution in [0.1, 0.15) is 29.6 Å². The number of carbonyl (C=O) groups is 2. The number of nitrogens with zero attached hydrogens (tertiary/aromatic N) is 1. The summed E-state index contributed by atoms with van der Waals surface area (Å²) in [5.41, 5.74) is 0.410. The number of rotatable bonds is 5. The predicted octanol–water partition coefficient (Wildman–Crippen LogP) is 3.18. The van der Waals surface area contributed by atoms with Crippen LogP contribution in [0.15, 0.2) is 22.7 Å². The fourth-order valence-electron chi connectivity index (χ4n) is 1.87. The Labute approximate surface area is 124 Å². The van der Waals surface area contributed by atoms with E-state index in [9.17, 15) is 9.59 Å². The second-order valence-electron chi connectivity index (χ2n) is 4.50. The van der Waals surface area contributed by atoms with Crippen LogP contribution in [0.5, 0.6) is 0 Å². The molecule has 1 saturated carbocycles. The average Bonchev–Trinajstić information content (AvgIpc) is 3.16. The van der Waals surface area contributed by atoms with Gasteiger partial charge in [0.15, 0.2) is 0 Å². The number of carbonyl (C=O) groups excluding carboxylic acids is 1. The van der Waals surface area contributed by atoms with Gasteiger partial charge in [0.05, 0.1) is 17.0 Å². The fraction of sp³-hybridized carbons (Fsp3) is 0.385. The Kier molecular flexibility index (Phi) is 4.47. The molecule has 0 atom stereocenters. The van der Waals surface area contributed by atoms with E-state index in [-0.39, 0.29) is 24.9 Å². The zero-order valence-electron chi connectivity index (χ0n) is 10.1. The molecular weight excluding hydrogens is 334 g/mol. The van der Waals surface area contributed by atoms with E-state index in [4.69, 9.17) is 16.7 Å². The van der Waals surface area contributed by atoms with E-state index in [0.717, 1.165) is 17.3 Å². The second kappa shape index (κ2) is 5.92. The molecule has 0 spiro atoms. The van der Waals surface area contributed by atoms with Gasteiger partial charge in [0.25, 0.3) is 5.91 Å². The minimum atomic E-state index is -0.904. The van der Waals surface area contributed by atoms with Gasteiger partial charge in [0.2, 0.25) is 0 Å². The van der Waals surface area contributed by atoms with Crippen LogP contribution < -0.4 is 0 Å². The molecule has 0 bridgehead atoms. The maximum Gasteiger partial charge on any atom is 0.305 e. The maximum atomic E-state index is 12.4. The molecule has 102 valence electrons. The number of benzene rings is 1. The van der Waals surface area contributed by atoms with E-state index in [1.807, 2.05) is 0 Å². The third kappa shape index (κ3) is 3.70. The fourth-order valence-corrected chi connectivity index (χ4v) is 2.43. The van der Waals surface area contributed by atoms with Crippen molar-refractivity contribution in [2.75, 3.05) is 6.54 Å². The van der Waals surface area contributed by atoms with Crippen molar-refractivity contribution < 1.29 is 14.7 Å². The Balaban J connectivity index is 2.18. The van der Waals surface area contributed by atoms with Crippen molar-refractivity contribution in [1.29, 1.82) is 0 Å². The van der Waals surface area contributed by atoms with Gasteiger partial charge in [-0.05, 0) is 31.0 Å². The van der Waals surface area contributed by atoms with E-state index >= 15 is 0 Å². The number of hydrogen-bond donors (Lipinski definition) is 1. The van der Waals surface area contributed by atoms with Gasteiger partial charge in [-0.3, -0.25) is 9.59 Å². The molecule has 1 amide bonds. The number of aliphatic carboxylic acids is 1. The van der Waals surface area contributed by atoms with Crippen LogP contribution >= 0.6 is 27.5 Å². The van der Waals surface area contributed by atoms with Crippen molar-refractivity contribution in [1.82, 2.24) is 4.90 Å². The van der Waals surface area contributed by atoms with E-state index in [2.05, 4.69) is 15.9 Å². The van der Waals surface area contributed by atoms with Gasteiger partial charge in [0, 0.05) is 17.1 Å². The van der Waals surface area contributed by atoms with Crippen LogP contribution in [-0.4, -0.2) is 34.5 Å². The van der Waals surface area contributed by atoms with Gasteiger partial charge in [-0.25, -0.2) is 0 Å². The van der Waals surface area contributed by atoms with E-state index in [1.165, 1.54) is 0 Å². The van der Waals surface area contributed by atoms with Crippen molar-refractivity contribution in [3.63, 3.8) is 0 Å². The summed E-state index contributed by atoms with van der Waals surface area (Å²) in [5.74, 6) is -1.10. The van der Waals surface area contributed by atoms with Crippen LogP contribution in [0.3, 0.4) is 0 Å². The number of halogens is 2. The lowest BCUT2D eigenvalue weighted by Crippen LogP contribution is -2.35. The summed E-state index contributed by atoms with van der Waals surface area (Å²) in [6.07, 6.45) is 1.81. The molecule has 4 nitrogen and oxygen atoms in total. The molecule has 0 radical (unpaired) electrons. The highest BCUT2D eigenvalue weighted by molar-refractivity contribution is 9.10. The summed E-state index contributed by atoms with van der Waals surface area (Å²) in [6, 6.07) is 5.24. The van der Waals surface area contributed by atoms with Crippen molar-refractivity contribution in [2.45, 2.75) is 25.3 Å². The van der Waals surface area contributed by atoms with Gasteiger partial charge >= 0.3 is 5.97 Å². The van der Waals surface area contributed by atoms with Gasteiger partial charge in [-0.1, -0.05) is 27.5 Å². The van der Waals surface area contributed by atoms with E-state index < -0.39 is 5.97 Å². The number of hydrogen-bond acceptors (Lipinski definition) is 2. The SMILES string of the molecule is O=C(O)CCN(C(=O)c1cc(Br)ccc1Cl)C1CC1. The first-order valence-electron chi connectivity index (χ1n) is 5.97. The summed E-state index contributed by atoms with van der Waals surface area (Å²) < 4.78 is 0.772. The van der Waals surface area contributed by atoms with Gasteiger partial charge in [-0.2, -0.15) is 0 Å². The summed E-state index contributed by atoms with van der Waals surface area (Å²) in [7, 11) is 0. The van der Waals surface area contributed by atoms with Crippen molar-refractivity contribution >= 4 is 39.4 Å². The Hall–Kier alpha value is -1.07. The minimum absolute atomic E-state index is 0.0478. The van der Waals surface area contributed by atoms with Crippen LogP contribution in [0.25, 0.3) is 0 Å². The molecule has 0 aliphatic heterocycles. The molecule has 0 saturated heterocycles. The summed E-state index contributed by atoms with van der Waals surface area (Å²) in [6.45, 7) is 0.224. The molecule has 1 N–H and O–H groups in total. The molecule has 1 aliphatic rings. The number of carboxylic acids is 1. The molecule has 1 aliphatic carbocycles. The molecule has 1 fully saturated rings. The third-order valence-electron chi connectivity index (χ3n) is 2.97. The maximum absolute atomic E-state index is 12.4. The second-order valence-corrected chi connectivity index (χ2v) is 5.82. The Morgan fingerprint density at radius 2 is 2.11 bits per heavy atom. The first kappa shape index (κ1) is 14.3. The highest BCUT2D eigenvalue weighted by Crippen LogP contribution is 2.30. The zero-order valence-corrected chi connectivity index (χ0v) is 12.4. The lowest BCUT2D eigenvalue weighted by Gasteiger charge is -2.22. The Morgan fingerprint density at radius 3 is 2.68 bits per heavy atom. The first-order chi connectivity index (χ1) is 8.99. The van der Waals surface area contributed by atoms with E-state index in [0.29, 0.717) is 10.6 Å². The minimum Gasteiger partial charge on any atom is -0.481 e. The van der Waals surface area contributed by atoms with Crippen LogP contribution in [0, 0.1) is 0 Å². The molecule has 0 heterocycles. The molecular formula is C13H13BrClNO3. The smallest absolute Gasteiger partial charge is 0.305 e. The monoisotopic (exact) mass is 345 g/mol. The Bertz CT molecular complexity index is 517. The largest absolute Gasteiger partial charge is 0.481 e. The number of carboxylic acid groups (broad SMARTS) is 1. The number of amides is 1. The third-order valence-corrected chi connectivity index (χ3v) is 3.80. The molecule has 1 aromatic carbocycles. The van der Waals surface area contributed by atoms with Crippen LogP contribution in [-0.2, 0) is 4.79 Å². The molecule has 0 unspecified atom stereocenters. The van der Waals surface area contributed by atoms with Crippen molar-refractivity contribution in [3.8, 4) is 0 Å². The molecule has 1 aromatic rings. The van der Waals surface area contributed by atoms with Gasteiger partial charge in [0.1, 0.15) is 0 Å². The van der Waals surface area contributed by atoms with Gasteiger partial charge in [-0.15, -0.1) is 0 Å². The predicted molar refractivity (Wildman–Crippen MR) is 75.5 cm³/mol. The first-order valence-corrected chi connectivity index (χ1v) is 7.14. The molecule has 19 heavy (non-hydrogen) atoms. The standard InChI is InChI=1S/C13H13BrClNO3/c14-8-1-4-11(15)10(7-8)13(19)16(9-2-3-9)6-5-12(17)18/h1,4,7,9H,2-3,5-6H2,(H,17,18). The lowest BCUT2D eigenvalue weighted by molar-refractivity contribution is -0.137. The summed E-state index contributed by atoms with van der Waals surface area (Å²) in [4.78, 5) is 24.7. The summed E-state index contributed by atoms with van der Waals surface area (Å²) >= 11 is 9.34. The normalized spacial score (nSPS) is 14.2. The molecule has 0 aromatic heterocycles. The van der Waals surface area contributed by atoms with Crippen molar-refractivity contribution in [3.05, 3.63) is 33.3 Å². The van der Waals surface area contributed by atoms with Crippen LogP contribution in [0.4, 0.5) is 0 Å². The lowest BCUT2D eigenvalue weighted by atomic mass is 10.2. The average molecular weight is 347 g/mol. The zero-order chi connectivity index (χ0) is 14.0.